The summed E-state index contributed by atoms with van der Waals surface area (Å²) in [5.74, 6) is 5.53. The minimum absolute atomic E-state index is 0.275. The topological polar surface area (TPSA) is 100 Å². The van der Waals surface area contributed by atoms with E-state index >= 15 is 0 Å². The maximum Gasteiger partial charge on any atom is 0.307 e. The van der Waals surface area contributed by atoms with Crippen molar-refractivity contribution >= 4 is 11.7 Å². The molecule has 58 valence electrons. The summed E-state index contributed by atoms with van der Waals surface area (Å²) in [7, 11) is 0. The number of imidazole rings is 1. The Labute approximate surface area is 61.5 Å². The number of hydrogen-bond donors (Lipinski definition) is 4. The quantitative estimate of drug-likeness (QED) is 0.325. The highest BCUT2D eigenvalue weighted by Crippen LogP contribution is 2.07. The highest BCUT2D eigenvalue weighted by molar-refractivity contribution is 5.96. The molecule has 7 nitrogen and oxygen atoms in total. The smallest absolute Gasteiger partial charge is 0.269 e. The molecule has 2 heterocycles. The number of hydrazine groups is 3. The van der Waals surface area contributed by atoms with Gasteiger partial charge in [0.15, 0.2) is 6.33 Å². The van der Waals surface area contributed by atoms with Crippen LogP contribution in [0.1, 0.15) is 10.5 Å². The summed E-state index contributed by atoms with van der Waals surface area (Å²) in [5.41, 5.74) is 5.43. The first-order chi connectivity index (χ1) is 5.27. The Morgan fingerprint density at radius 1 is 1.55 bits per heavy atom. The molecule has 1 aromatic heterocycles. The van der Waals surface area contributed by atoms with Gasteiger partial charge in [-0.25, -0.2) is 16.3 Å². The zero-order valence-electron chi connectivity index (χ0n) is 5.51. The summed E-state index contributed by atoms with van der Waals surface area (Å²) >= 11 is 0. The third-order valence-corrected chi connectivity index (χ3v) is 1.36. The third kappa shape index (κ3) is 0.827. The number of H-pyrrole nitrogens is 2. The normalized spacial score (nSPS) is 17.0. The molecule has 0 aromatic carbocycles. The number of aromatic nitrogens is 2. The van der Waals surface area contributed by atoms with Crippen LogP contribution in [0.25, 0.3) is 0 Å². The molecule has 0 bridgehead atoms. The van der Waals surface area contributed by atoms with Gasteiger partial charge in [-0.15, -0.1) is 0 Å². The van der Waals surface area contributed by atoms with Crippen molar-refractivity contribution in [2.24, 2.45) is 5.84 Å². The van der Waals surface area contributed by atoms with Gasteiger partial charge in [0, 0.05) is 0 Å². The van der Waals surface area contributed by atoms with E-state index in [9.17, 15) is 4.79 Å². The van der Waals surface area contributed by atoms with Crippen LogP contribution in [0.4, 0.5) is 5.82 Å². The van der Waals surface area contributed by atoms with E-state index in [-0.39, 0.29) is 5.91 Å². The van der Waals surface area contributed by atoms with Crippen LogP contribution in [-0.2, 0) is 0 Å². The van der Waals surface area contributed by atoms with E-state index in [4.69, 9.17) is 5.84 Å². The number of carbonyl (C=O) groups is 1. The van der Waals surface area contributed by atoms with Crippen LogP contribution in [0.5, 0.6) is 0 Å². The minimum Gasteiger partial charge on any atom is -0.269 e. The monoisotopic (exact) mass is 155 g/mol. The molecule has 7 heteroatoms. The fourth-order valence-electron chi connectivity index (χ4n) is 0.906. The number of hydrogen-bond acceptors (Lipinski definition) is 4. The largest absolute Gasteiger partial charge is 0.307 e. The van der Waals surface area contributed by atoms with Gasteiger partial charge < -0.3 is 0 Å². The molecule has 0 spiro atoms. The van der Waals surface area contributed by atoms with E-state index in [1.165, 1.54) is 6.33 Å². The SMILES string of the molecule is NN1NC(=O)c2[nH]c[nH+]c2N1. The van der Waals surface area contributed by atoms with Gasteiger partial charge in [0.1, 0.15) is 0 Å². The van der Waals surface area contributed by atoms with E-state index in [1.54, 1.807) is 0 Å². The van der Waals surface area contributed by atoms with Crippen molar-refractivity contribution in [2.75, 3.05) is 5.43 Å². The first-order valence-electron chi connectivity index (χ1n) is 2.99. The van der Waals surface area contributed by atoms with Crippen molar-refractivity contribution in [3.63, 3.8) is 0 Å². The molecule has 2 rings (SSSR count). The Morgan fingerprint density at radius 3 is 3.18 bits per heavy atom. The maximum atomic E-state index is 11.0. The zero-order valence-corrected chi connectivity index (χ0v) is 5.51. The van der Waals surface area contributed by atoms with E-state index < -0.39 is 0 Å². The lowest BCUT2D eigenvalue weighted by molar-refractivity contribution is -0.361. The summed E-state index contributed by atoms with van der Waals surface area (Å²) < 4.78 is 0. The number of aromatic amines is 2. The summed E-state index contributed by atoms with van der Waals surface area (Å²) in [6, 6.07) is 0. The first-order valence-corrected chi connectivity index (χ1v) is 2.99. The Bertz CT molecular complexity index is 293. The van der Waals surface area contributed by atoms with Crippen LogP contribution in [0.15, 0.2) is 6.33 Å². The van der Waals surface area contributed by atoms with Crippen molar-refractivity contribution < 1.29 is 9.78 Å². The van der Waals surface area contributed by atoms with Crippen LogP contribution in [0.2, 0.25) is 0 Å². The van der Waals surface area contributed by atoms with Gasteiger partial charge in [0.2, 0.25) is 5.69 Å². The second kappa shape index (κ2) is 1.94. The highest BCUT2D eigenvalue weighted by Gasteiger charge is 2.27. The second-order valence-electron chi connectivity index (χ2n) is 2.11. The van der Waals surface area contributed by atoms with Crippen LogP contribution in [0, 0.1) is 0 Å². The summed E-state index contributed by atoms with van der Waals surface area (Å²) in [6.45, 7) is 0. The van der Waals surface area contributed by atoms with Gasteiger partial charge in [-0.05, 0) is 5.23 Å². The summed E-state index contributed by atoms with van der Waals surface area (Å²) in [5, 5.41) is 0.981. The molecule has 0 aliphatic carbocycles. The van der Waals surface area contributed by atoms with Crippen molar-refractivity contribution in [3.05, 3.63) is 12.0 Å². The van der Waals surface area contributed by atoms with Gasteiger partial charge >= 0.3 is 5.91 Å². The van der Waals surface area contributed by atoms with E-state index in [0.29, 0.717) is 11.5 Å². The lowest BCUT2D eigenvalue weighted by Crippen LogP contribution is -2.54. The maximum absolute atomic E-state index is 11.0. The molecule has 11 heavy (non-hydrogen) atoms. The molecule has 0 fully saturated rings. The standard InChI is InChI=1S/C4H6N6O/c5-10-8-3-2(4(11)9-10)6-1-7-3/h1,8H,5H2,(H,6,7)(H,9,11)/p+1. The van der Waals surface area contributed by atoms with Crippen LogP contribution in [0.3, 0.4) is 0 Å². The van der Waals surface area contributed by atoms with Gasteiger partial charge in [-0.3, -0.25) is 9.78 Å². The van der Waals surface area contributed by atoms with E-state index in [2.05, 4.69) is 20.8 Å². The number of carbonyl (C=O) groups excluding carboxylic acids is 1. The molecule has 1 amide bonds. The van der Waals surface area contributed by atoms with Crippen LogP contribution in [-0.4, -0.2) is 16.1 Å². The summed E-state index contributed by atoms with van der Waals surface area (Å²) in [4.78, 5) is 16.5. The lowest BCUT2D eigenvalue weighted by atomic mass is 10.4. The number of nitrogens with zero attached hydrogens (tertiary/aromatic N) is 1. The minimum atomic E-state index is -0.275. The van der Waals surface area contributed by atoms with Gasteiger partial charge in [-0.2, -0.15) is 5.43 Å². The third-order valence-electron chi connectivity index (χ3n) is 1.36. The number of fused-ring (bicyclic) bond motifs is 1. The molecule has 1 aromatic rings. The van der Waals surface area contributed by atoms with Crippen molar-refractivity contribution in [3.8, 4) is 0 Å². The van der Waals surface area contributed by atoms with E-state index in [1.807, 2.05) is 0 Å². The predicted molar refractivity (Wildman–Crippen MR) is 34.5 cm³/mol. The molecular formula is C4H7N6O+. The van der Waals surface area contributed by atoms with Crippen LogP contribution >= 0.6 is 0 Å². The number of rotatable bonds is 0. The number of nitrogens with one attached hydrogen (secondary N) is 4. The molecule has 0 unspecified atom stereocenters. The predicted octanol–water partition coefficient (Wildman–Crippen LogP) is -2.01. The van der Waals surface area contributed by atoms with Crippen molar-refractivity contribution in [1.29, 1.82) is 0 Å². The Morgan fingerprint density at radius 2 is 2.36 bits per heavy atom. The Hall–Kier alpha value is -1.60. The molecule has 1 aliphatic rings. The number of nitrogens with two attached hydrogens (primary N) is 1. The van der Waals surface area contributed by atoms with Crippen molar-refractivity contribution in [1.82, 2.24) is 15.6 Å². The second-order valence-corrected chi connectivity index (χ2v) is 2.11. The summed E-state index contributed by atoms with van der Waals surface area (Å²) in [6.07, 6.45) is 1.54. The van der Waals surface area contributed by atoms with Gasteiger partial charge in [0.05, 0.1) is 0 Å². The molecule has 0 radical (unpaired) electrons. The zero-order chi connectivity index (χ0) is 7.84. The Kier molecular flexibility index (Phi) is 1.08. The van der Waals surface area contributed by atoms with Crippen molar-refractivity contribution in [2.45, 2.75) is 0 Å². The lowest BCUT2D eigenvalue weighted by Gasteiger charge is -2.17. The molecule has 0 saturated heterocycles. The number of anilines is 1. The average molecular weight is 155 g/mol. The molecule has 0 saturated carbocycles. The number of amides is 1. The van der Waals surface area contributed by atoms with Gasteiger partial charge in [0.25, 0.3) is 5.82 Å². The average Bonchev–Trinajstić information content (AvgIpc) is 2.34. The molecule has 6 N–H and O–H groups in total. The van der Waals surface area contributed by atoms with Gasteiger partial charge in [-0.1, -0.05) is 0 Å². The first kappa shape index (κ1) is 6.13. The highest BCUT2D eigenvalue weighted by atomic mass is 16.2. The van der Waals surface area contributed by atoms with Crippen LogP contribution < -0.4 is 21.7 Å². The molecule has 1 aliphatic heterocycles. The molecular weight excluding hydrogens is 148 g/mol. The fraction of sp³-hybridized carbons (Fsp3) is 0. The Balaban J connectivity index is 2.44. The fourth-order valence-corrected chi connectivity index (χ4v) is 0.906. The van der Waals surface area contributed by atoms with E-state index in [0.717, 1.165) is 5.23 Å². The molecule has 0 atom stereocenters.